The van der Waals surface area contributed by atoms with E-state index < -0.39 is 0 Å². The van der Waals surface area contributed by atoms with Crippen LogP contribution in [0.3, 0.4) is 0 Å². The van der Waals surface area contributed by atoms with Crippen molar-refractivity contribution in [2.75, 3.05) is 0 Å². The first-order valence-corrected chi connectivity index (χ1v) is 6.75. The Kier molecular flexibility index (Phi) is 3.97. The van der Waals surface area contributed by atoms with Gasteiger partial charge in [0.1, 0.15) is 0 Å². The quantitative estimate of drug-likeness (QED) is 0.817. The van der Waals surface area contributed by atoms with Crippen molar-refractivity contribution in [3.63, 3.8) is 0 Å². The fourth-order valence-electron chi connectivity index (χ4n) is 1.89. The third-order valence-electron chi connectivity index (χ3n) is 2.74. The molecule has 0 fully saturated rings. The summed E-state index contributed by atoms with van der Waals surface area (Å²) in [7, 11) is 0. The fraction of sp³-hybridized carbons (Fsp3) is 0.286. The number of aromatic nitrogens is 2. The maximum atomic E-state index is 12.2. The molecule has 1 atom stereocenters. The largest absolute Gasteiger partial charge is 0.271 e. The normalized spacial score (nSPS) is 12.4. The first-order chi connectivity index (χ1) is 8.58. The molecule has 94 valence electrons. The molecule has 1 aromatic heterocycles. The molecule has 0 saturated carbocycles. The number of nitrogens with zero attached hydrogens (tertiary/aromatic N) is 2. The van der Waals surface area contributed by atoms with Gasteiger partial charge < -0.3 is 0 Å². The third kappa shape index (κ3) is 2.88. The number of hydrogen-bond donors (Lipinski definition) is 0. The fourth-order valence-corrected chi connectivity index (χ4v) is 2.46. The topological polar surface area (TPSA) is 34.9 Å². The smallest absolute Gasteiger partial charge is 0.261 e. The Balaban J connectivity index is 2.12. The monoisotopic (exact) mass is 306 g/mol. The third-order valence-corrected chi connectivity index (χ3v) is 3.46. The van der Waals surface area contributed by atoms with E-state index in [4.69, 9.17) is 0 Å². The molecule has 0 amide bonds. The second kappa shape index (κ2) is 5.48. The van der Waals surface area contributed by atoms with E-state index in [-0.39, 0.29) is 10.7 Å². The van der Waals surface area contributed by atoms with Gasteiger partial charge in [0.25, 0.3) is 5.91 Å². The van der Waals surface area contributed by atoms with Gasteiger partial charge in [-0.3, -0.25) is 4.79 Å². The molecule has 0 aliphatic heterocycles. The van der Waals surface area contributed by atoms with Crippen molar-refractivity contribution >= 4 is 21.8 Å². The predicted molar refractivity (Wildman–Crippen MR) is 75.2 cm³/mol. The average molecular weight is 307 g/mol. The lowest BCUT2D eigenvalue weighted by Crippen LogP contribution is -2.25. The summed E-state index contributed by atoms with van der Waals surface area (Å²) in [6, 6.07) is 11.9. The van der Waals surface area contributed by atoms with Crippen LogP contribution in [-0.2, 0) is 6.42 Å². The van der Waals surface area contributed by atoms with E-state index in [0.717, 1.165) is 17.0 Å². The molecule has 0 unspecified atom stereocenters. The van der Waals surface area contributed by atoms with E-state index in [1.54, 1.807) is 0 Å². The molecule has 0 spiro atoms. The van der Waals surface area contributed by atoms with Crippen LogP contribution in [0, 0.1) is 13.8 Å². The van der Waals surface area contributed by atoms with E-state index in [1.165, 1.54) is 4.68 Å². The van der Waals surface area contributed by atoms with Crippen molar-refractivity contribution in [3.05, 3.63) is 53.3 Å². The van der Waals surface area contributed by atoms with E-state index in [0.29, 0.717) is 6.42 Å². The highest BCUT2D eigenvalue weighted by atomic mass is 79.9. The molecule has 0 radical (unpaired) electrons. The van der Waals surface area contributed by atoms with Gasteiger partial charge in [-0.25, -0.2) is 4.68 Å². The van der Waals surface area contributed by atoms with Crippen LogP contribution in [0.5, 0.6) is 0 Å². The molecule has 3 nitrogen and oxygen atoms in total. The summed E-state index contributed by atoms with van der Waals surface area (Å²) in [4.78, 5) is 12.0. The summed E-state index contributed by atoms with van der Waals surface area (Å²) in [5.74, 6) is -0.0237. The highest BCUT2D eigenvalue weighted by Gasteiger charge is 2.19. The van der Waals surface area contributed by atoms with Crippen LogP contribution in [0.2, 0.25) is 0 Å². The molecule has 2 aromatic rings. The number of carbonyl (C=O) groups is 1. The van der Waals surface area contributed by atoms with Crippen LogP contribution in [-0.4, -0.2) is 20.5 Å². The first-order valence-electron chi connectivity index (χ1n) is 5.83. The number of rotatable bonds is 3. The zero-order valence-corrected chi connectivity index (χ0v) is 12.0. The molecule has 18 heavy (non-hydrogen) atoms. The minimum Gasteiger partial charge on any atom is -0.271 e. The first kappa shape index (κ1) is 13.0. The number of halogens is 1. The number of alkyl halides is 1. The molecule has 0 bridgehead atoms. The summed E-state index contributed by atoms with van der Waals surface area (Å²) in [5.41, 5.74) is 2.87. The Labute approximate surface area is 115 Å². The summed E-state index contributed by atoms with van der Waals surface area (Å²) in [6.45, 7) is 3.78. The van der Waals surface area contributed by atoms with Gasteiger partial charge in [0, 0.05) is 5.69 Å². The van der Waals surface area contributed by atoms with Crippen LogP contribution in [0.25, 0.3) is 0 Å². The van der Waals surface area contributed by atoms with Gasteiger partial charge in [-0.05, 0) is 31.9 Å². The molecule has 0 N–H and O–H groups in total. The van der Waals surface area contributed by atoms with E-state index in [1.807, 2.05) is 50.2 Å². The van der Waals surface area contributed by atoms with E-state index in [2.05, 4.69) is 21.0 Å². The van der Waals surface area contributed by atoms with Gasteiger partial charge in [-0.1, -0.05) is 46.3 Å². The van der Waals surface area contributed by atoms with Gasteiger partial charge in [0.2, 0.25) is 0 Å². The Hall–Kier alpha value is -1.42. The average Bonchev–Trinajstić information content (AvgIpc) is 2.68. The number of carbonyl (C=O) groups excluding carboxylic acids is 1. The highest BCUT2D eigenvalue weighted by Crippen LogP contribution is 2.13. The van der Waals surface area contributed by atoms with Gasteiger partial charge >= 0.3 is 0 Å². The zero-order valence-electron chi connectivity index (χ0n) is 10.4. The molecule has 1 heterocycles. The zero-order chi connectivity index (χ0) is 13.1. The Morgan fingerprint density at radius 3 is 2.56 bits per heavy atom. The van der Waals surface area contributed by atoms with Crippen molar-refractivity contribution in [2.24, 2.45) is 0 Å². The van der Waals surface area contributed by atoms with E-state index in [9.17, 15) is 4.79 Å². The van der Waals surface area contributed by atoms with Gasteiger partial charge in [0.05, 0.1) is 10.5 Å². The molecule has 1 aromatic carbocycles. The van der Waals surface area contributed by atoms with Gasteiger partial charge in [0.15, 0.2) is 0 Å². The predicted octanol–water partition coefficient (Wildman–Crippen LogP) is 3.15. The minimum absolute atomic E-state index is 0.0237. The second-order valence-corrected chi connectivity index (χ2v) is 5.44. The van der Waals surface area contributed by atoms with Crippen LogP contribution in [0.15, 0.2) is 36.4 Å². The lowest BCUT2D eigenvalue weighted by Gasteiger charge is -2.10. The SMILES string of the molecule is Cc1cc(C)n(C(=O)[C@H](Br)Cc2ccccc2)n1. The van der Waals surface area contributed by atoms with Gasteiger partial charge in [-0.15, -0.1) is 0 Å². The lowest BCUT2D eigenvalue weighted by atomic mass is 10.1. The standard InChI is InChI=1S/C14H15BrN2O/c1-10-8-11(2)17(16-10)14(18)13(15)9-12-6-4-3-5-7-12/h3-8,13H,9H2,1-2H3/t13-/m1/s1. The number of benzene rings is 1. The van der Waals surface area contributed by atoms with E-state index >= 15 is 0 Å². The number of hydrogen-bond acceptors (Lipinski definition) is 2. The molecule has 4 heteroatoms. The Morgan fingerprint density at radius 1 is 1.33 bits per heavy atom. The lowest BCUT2D eigenvalue weighted by molar-refractivity contribution is 0.0893. The van der Waals surface area contributed by atoms with Crippen LogP contribution < -0.4 is 0 Å². The Bertz CT molecular complexity index is 548. The van der Waals surface area contributed by atoms with Crippen LogP contribution in [0.1, 0.15) is 21.7 Å². The van der Waals surface area contributed by atoms with Crippen molar-refractivity contribution in [1.82, 2.24) is 9.78 Å². The maximum absolute atomic E-state index is 12.2. The van der Waals surface area contributed by atoms with Crippen molar-refractivity contribution in [1.29, 1.82) is 0 Å². The van der Waals surface area contributed by atoms with Crippen LogP contribution >= 0.6 is 15.9 Å². The molecular weight excluding hydrogens is 292 g/mol. The summed E-state index contributed by atoms with van der Waals surface area (Å²) in [5, 5.41) is 4.21. The Morgan fingerprint density at radius 2 is 2.00 bits per heavy atom. The van der Waals surface area contributed by atoms with Crippen molar-refractivity contribution < 1.29 is 4.79 Å². The maximum Gasteiger partial charge on any atom is 0.261 e. The van der Waals surface area contributed by atoms with Crippen LogP contribution in [0.4, 0.5) is 0 Å². The molecule has 0 aliphatic rings. The molecular formula is C14H15BrN2O. The highest BCUT2D eigenvalue weighted by molar-refractivity contribution is 9.10. The summed E-state index contributed by atoms with van der Waals surface area (Å²) >= 11 is 3.45. The molecule has 0 saturated heterocycles. The van der Waals surface area contributed by atoms with Crippen molar-refractivity contribution in [2.45, 2.75) is 25.1 Å². The number of aryl methyl sites for hydroxylation is 2. The molecule has 0 aliphatic carbocycles. The molecule has 2 rings (SSSR count). The summed E-state index contributed by atoms with van der Waals surface area (Å²) < 4.78 is 1.47. The van der Waals surface area contributed by atoms with Crippen molar-refractivity contribution in [3.8, 4) is 0 Å². The second-order valence-electron chi connectivity index (χ2n) is 4.33. The van der Waals surface area contributed by atoms with Gasteiger partial charge in [-0.2, -0.15) is 5.10 Å². The minimum atomic E-state index is -0.252. The summed E-state index contributed by atoms with van der Waals surface area (Å²) in [6.07, 6.45) is 0.665.